The molecule has 0 spiro atoms. The smallest absolute Gasteiger partial charge is 0.341 e. The number of nitrogens with zero attached hydrogens (tertiary/aromatic N) is 2. The summed E-state index contributed by atoms with van der Waals surface area (Å²) >= 11 is 0. The van der Waals surface area contributed by atoms with Gasteiger partial charge in [0.05, 0.1) is 13.1 Å². The van der Waals surface area contributed by atoms with Crippen LogP contribution in [0.2, 0.25) is 0 Å². The summed E-state index contributed by atoms with van der Waals surface area (Å²) in [5.41, 5.74) is 0. The number of rotatable bonds is 3. The van der Waals surface area contributed by atoms with Crippen molar-refractivity contribution in [2.24, 2.45) is 5.92 Å². The Balaban J connectivity index is 1.78. The molecule has 0 aromatic carbocycles. The summed E-state index contributed by atoms with van der Waals surface area (Å²) in [6.45, 7) is 1.09. The van der Waals surface area contributed by atoms with Gasteiger partial charge in [0.2, 0.25) is 5.91 Å². The summed E-state index contributed by atoms with van der Waals surface area (Å²) in [6, 6.07) is 0.524. The minimum Gasteiger partial charge on any atom is -0.341 e. The van der Waals surface area contributed by atoms with Gasteiger partial charge in [-0.25, -0.2) is 0 Å². The largest absolute Gasteiger partial charge is 0.401 e. The van der Waals surface area contributed by atoms with Gasteiger partial charge in [-0.1, -0.05) is 0 Å². The number of amides is 1. The molecule has 0 aliphatic carbocycles. The molecule has 2 unspecified atom stereocenters. The number of piperidine rings is 2. The van der Waals surface area contributed by atoms with Crippen LogP contribution in [0.4, 0.5) is 13.2 Å². The molecule has 2 rings (SSSR count). The highest BCUT2D eigenvalue weighted by molar-refractivity contribution is 5.78. The second kappa shape index (κ2) is 6.30. The summed E-state index contributed by atoms with van der Waals surface area (Å²) in [5, 5.41) is 2.18. The zero-order valence-corrected chi connectivity index (χ0v) is 11.7. The van der Waals surface area contributed by atoms with Crippen LogP contribution in [0, 0.1) is 5.92 Å². The Morgan fingerprint density at radius 3 is 2.75 bits per heavy atom. The van der Waals surface area contributed by atoms with E-state index in [-0.39, 0.29) is 12.5 Å². The van der Waals surface area contributed by atoms with Crippen molar-refractivity contribution in [2.75, 3.05) is 39.8 Å². The third-order valence-corrected chi connectivity index (χ3v) is 4.30. The first-order valence-corrected chi connectivity index (χ1v) is 7.12. The van der Waals surface area contributed by atoms with Gasteiger partial charge in [0, 0.05) is 19.1 Å². The van der Waals surface area contributed by atoms with Crippen LogP contribution in [0.5, 0.6) is 0 Å². The van der Waals surface area contributed by atoms with E-state index in [0.29, 0.717) is 25.0 Å². The lowest BCUT2D eigenvalue weighted by molar-refractivity contribution is -0.136. The minimum absolute atomic E-state index is 0.221. The van der Waals surface area contributed by atoms with Gasteiger partial charge in [0.25, 0.3) is 0 Å². The molecule has 116 valence electrons. The molecule has 2 aliphatic rings. The molecule has 0 saturated carbocycles. The Morgan fingerprint density at radius 2 is 2.05 bits per heavy atom. The highest BCUT2D eigenvalue weighted by atomic mass is 19.4. The molecule has 2 saturated heterocycles. The quantitative estimate of drug-likeness (QED) is 0.846. The van der Waals surface area contributed by atoms with E-state index in [1.165, 1.54) is 0 Å². The number of alkyl halides is 3. The Hall–Kier alpha value is -0.820. The van der Waals surface area contributed by atoms with E-state index in [9.17, 15) is 18.0 Å². The van der Waals surface area contributed by atoms with Gasteiger partial charge in [0.15, 0.2) is 0 Å². The predicted octanol–water partition coefficient (Wildman–Crippen LogP) is 1.08. The molecule has 4 nitrogen and oxygen atoms in total. The molecule has 0 bridgehead atoms. The molecule has 0 aromatic heterocycles. The van der Waals surface area contributed by atoms with E-state index in [1.54, 1.807) is 4.90 Å². The van der Waals surface area contributed by atoms with Gasteiger partial charge in [-0.3, -0.25) is 4.79 Å². The van der Waals surface area contributed by atoms with E-state index < -0.39 is 12.7 Å². The van der Waals surface area contributed by atoms with E-state index in [4.69, 9.17) is 0 Å². The lowest BCUT2D eigenvalue weighted by Gasteiger charge is -2.46. The van der Waals surface area contributed by atoms with Crippen molar-refractivity contribution >= 4 is 5.91 Å². The maximum Gasteiger partial charge on any atom is 0.401 e. The van der Waals surface area contributed by atoms with Crippen molar-refractivity contribution < 1.29 is 18.0 Å². The number of hydrogen-bond donors (Lipinski definition) is 1. The van der Waals surface area contributed by atoms with Crippen LogP contribution in [-0.2, 0) is 4.79 Å². The molecule has 2 fully saturated rings. The van der Waals surface area contributed by atoms with E-state index >= 15 is 0 Å². The molecule has 0 radical (unpaired) electrons. The number of carbonyl (C=O) groups excluding carboxylic acids is 1. The maximum atomic E-state index is 12.0. The number of hydrogen-bond acceptors (Lipinski definition) is 3. The summed E-state index contributed by atoms with van der Waals surface area (Å²) in [5.74, 6) is 0.245. The first kappa shape index (κ1) is 15.6. The van der Waals surface area contributed by atoms with Gasteiger partial charge in [0.1, 0.15) is 0 Å². The zero-order valence-electron chi connectivity index (χ0n) is 11.7. The molecule has 2 heterocycles. The van der Waals surface area contributed by atoms with Crippen LogP contribution < -0.4 is 5.32 Å². The van der Waals surface area contributed by atoms with Crippen LogP contribution in [0.25, 0.3) is 0 Å². The van der Waals surface area contributed by atoms with E-state index in [2.05, 4.69) is 17.3 Å². The summed E-state index contributed by atoms with van der Waals surface area (Å²) in [4.78, 5) is 16.0. The van der Waals surface area contributed by atoms with Crippen molar-refractivity contribution in [3.63, 3.8) is 0 Å². The van der Waals surface area contributed by atoms with Crippen molar-refractivity contribution in [3.8, 4) is 0 Å². The van der Waals surface area contributed by atoms with Crippen molar-refractivity contribution in [3.05, 3.63) is 0 Å². The monoisotopic (exact) mass is 293 g/mol. The van der Waals surface area contributed by atoms with Gasteiger partial charge in [-0.15, -0.1) is 0 Å². The van der Waals surface area contributed by atoms with Crippen LogP contribution in [-0.4, -0.2) is 67.7 Å². The molecule has 0 aromatic rings. The zero-order chi connectivity index (χ0) is 14.8. The fraction of sp³-hybridized carbons (Fsp3) is 0.923. The van der Waals surface area contributed by atoms with Crippen molar-refractivity contribution in [2.45, 2.75) is 31.5 Å². The fourth-order valence-corrected chi connectivity index (χ4v) is 3.30. The van der Waals surface area contributed by atoms with Crippen LogP contribution in [0.15, 0.2) is 0 Å². The van der Waals surface area contributed by atoms with Gasteiger partial charge in [-0.05, 0) is 38.8 Å². The van der Waals surface area contributed by atoms with Gasteiger partial charge >= 0.3 is 6.18 Å². The summed E-state index contributed by atoms with van der Waals surface area (Å²) < 4.78 is 36.1. The molecule has 20 heavy (non-hydrogen) atoms. The molecule has 1 N–H and O–H groups in total. The predicted molar refractivity (Wildman–Crippen MR) is 69.3 cm³/mol. The van der Waals surface area contributed by atoms with E-state index in [1.807, 2.05) is 0 Å². The van der Waals surface area contributed by atoms with Crippen LogP contribution in [0.3, 0.4) is 0 Å². The first-order chi connectivity index (χ1) is 9.37. The molecule has 2 atom stereocenters. The maximum absolute atomic E-state index is 12.0. The molecule has 7 heteroatoms. The third kappa shape index (κ3) is 4.09. The topological polar surface area (TPSA) is 35.6 Å². The number of fused-ring (bicyclic) bond motifs is 1. The fourth-order valence-electron chi connectivity index (χ4n) is 3.30. The number of carbonyl (C=O) groups is 1. The molecule has 1 amide bonds. The average molecular weight is 293 g/mol. The second-order valence-electron chi connectivity index (χ2n) is 5.80. The number of nitrogens with one attached hydrogen (secondary N) is 1. The molecular formula is C13H22F3N3O. The minimum atomic E-state index is -4.26. The Kier molecular flexibility index (Phi) is 4.90. The molecule has 2 aliphatic heterocycles. The van der Waals surface area contributed by atoms with E-state index in [0.717, 1.165) is 25.8 Å². The lowest BCUT2D eigenvalue weighted by atomic mass is 9.84. The van der Waals surface area contributed by atoms with Gasteiger partial charge in [-0.2, -0.15) is 13.2 Å². The number of likely N-dealkylation sites (tertiary alicyclic amines) is 2. The highest BCUT2D eigenvalue weighted by Crippen LogP contribution is 2.29. The van der Waals surface area contributed by atoms with Crippen LogP contribution >= 0.6 is 0 Å². The standard InChI is InChI=1S/C13H22F3N3O/c1-18-5-2-3-10-8-19(6-4-11(10)18)12(20)7-17-9-13(14,15)16/h10-11,17H,2-9H2,1H3. The SMILES string of the molecule is CN1CCCC2CN(C(=O)CNCC(F)(F)F)CCC21. The average Bonchev–Trinajstić information content (AvgIpc) is 2.37. The van der Waals surface area contributed by atoms with Crippen molar-refractivity contribution in [1.82, 2.24) is 15.1 Å². The summed E-state index contributed by atoms with van der Waals surface area (Å²) in [6.07, 6.45) is -1.10. The molecular weight excluding hydrogens is 271 g/mol. The Labute approximate surface area is 117 Å². The van der Waals surface area contributed by atoms with Gasteiger partial charge < -0.3 is 15.1 Å². The Bertz CT molecular complexity index is 348. The summed E-state index contributed by atoms with van der Waals surface area (Å²) in [7, 11) is 2.11. The number of halogens is 3. The Morgan fingerprint density at radius 1 is 1.30 bits per heavy atom. The van der Waals surface area contributed by atoms with Crippen molar-refractivity contribution in [1.29, 1.82) is 0 Å². The second-order valence-corrected chi connectivity index (χ2v) is 5.80. The highest BCUT2D eigenvalue weighted by Gasteiger charge is 2.35. The normalized spacial score (nSPS) is 28.3. The first-order valence-electron chi connectivity index (χ1n) is 7.12. The lowest BCUT2D eigenvalue weighted by Crippen LogP contribution is -2.55. The van der Waals surface area contributed by atoms with Crippen LogP contribution in [0.1, 0.15) is 19.3 Å². The third-order valence-electron chi connectivity index (χ3n) is 4.30.